The molecule has 0 heterocycles. The molecule has 0 spiro atoms. The van der Waals surface area contributed by atoms with Gasteiger partial charge in [0.05, 0.1) is 0 Å². The summed E-state index contributed by atoms with van der Waals surface area (Å²) in [6.45, 7) is 1.86. The van der Waals surface area contributed by atoms with Crippen LogP contribution in [0.4, 0.5) is 4.39 Å². The van der Waals surface area contributed by atoms with Gasteiger partial charge >= 0.3 is 0 Å². The van der Waals surface area contributed by atoms with Crippen molar-refractivity contribution < 1.29 is 14.0 Å². The standard InChI is InChI=1S/C11H13FN2O2/c1-2-3-10(15)13-14-11(16)8-4-6-9(12)7-5-8/h4-7H,2-3H2,1H3,(H,13,15)(H,14,16). The van der Waals surface area contributed by atoms with E-state index < -0.39 is 11.7 Å². The maximum absolute atomic E-state index is 12.6. The number of nitrogens with one attached hydrogen (secondary N) is 2. The number of carbonyl (C=O) groups is 2. The summed E-state index contributed by atoms with van der Waals surface area (Å²) in [5, 5.41) is 0. The first kappa shape index (κ1) is 12.2. The minimum Gasteiger partial charge on any atom is -0.273 e. The SMILES string of the molecule is CCCC(=O)NNC(=O)c1ccc(F)cc1. The van der Waals surface area contributed by atoms with E-state index in [2.05, 4.69) is 10.9 Å². The predicted octanol–water partition coefficient (Wildman–Crippen LogP) is 1.39. The third-order valence-corrected chi connectivity index (χ3v) is 1.90. The van der Waals surface area contributed by atoms with E-state index in [4.69, 9.17) is 0 Å². The smallest absolute Gasteiger partial charge is 0.269 e. The van der Waals surface area contributed by atoms with Gasteiger partial charge in [0.25, 0.3) is 5.91 Å². The van der Waals surface area contributed by atoms with Gasteiger partial charge < -0.3 is 0 Å². The van der Waals surface area contributed by atoms with Gasteiger partial charge in [0.15, 0.2) is 0 Å². The Kier molecular flexibility index (Phi) is 4.44. The molecule has 0 aliphatic carbocycles. The lowest BCUT2D eigenvalue weighted by Gasteiger charge is -2.06. The second kappa shape index (κ2) is 5.85. The number of benzene rings is 1. The van der Waals surface area contributed by atoms with E-state index in [1.807, 2.05) is 6.92 Å². The third kappa shape index (κ3) is 3.68. The molecule has 86 valence electrons. The van der Waals surface area contributed by atoms with Gasteiger partial charge in [-0.15, -0.1) is 0 Å². The van der Waals surface area contributed by atoms with Crippen molar-refractivity contribution in [2.45, 2.75) is 19.8 Å². The van der Waals surface area contributed by atoms with Gasteiger partial charge in [0.1, 0.15) is 5.82 Å². The van der Waals surface area contributed by atoms with Gasteiger partial charge in [0.2, 0.25) is 5.91 Å². The molecule has 0 bridgehead atoms. The Morgan fingerprint density at radius 2 is 1.81 bits per heavy atom. The summed E-state index contributed by atoms with van der Waals surface area (Å²) in [6, 6.07) is 5.05. The fourth-order valence-electron chi connectivity index (χ4n) is 1.09. The van der Waals surface area contributed by atoms with Gasteiger partial charge in [-0.3, -0.25) is 20.4 Å². The molecular formula is C11H13FN2O2. The highest BCUT2D eigenvalue weighted by molar-refractivity contribution is 5.95. The van der Waals surface area contributed by atoms with E-state index >= 15 is 0 Å². The largest absolute Gasteiger partial charge is 0.273 e. The van der Waals surface area contributed by atoms with Gasteiger partial charge in [-0.1, -0.05) is 6.92 Å². The van der Waals surface area contributed by atoms with Crippen LogP contribution in [0.3, 0.4) is 0 Å². The second-order valence-electron chi connectivity index (χ2n) is 3.26. The van der Waals surface area contributed by atoms with E-state index in [9.17, 15) is 14.0 Å². The third-order valence-electron chi connectivity index (χ3n) is 1.90. The fraction of sp³-hybridized carbons (Fsp3) is 0.273. The van der Waals surface area contributed by atoms with Crippen LogP contribution in [0.1, 0.15) is 30.1 Å². The molecule has 1 rings (SSSR count). The fourth-order valence-corrected chi connectivity index (χ4v) is 1.09. The highest BCUT2D eigenvalue weighted by Crippen LogP contribution is 2.01. The highest BCUT2D eigenvalue weighted by Gasteiger charge is 2.06. The Morgan fingerprint density at radius 3 is 2.38 bits per heavy atom. The molecule has 0 fully saturated rings. The summed E-state index contributed by atoms with van der Waals surface area (Å²) in [5.41, 5.74) is 4.80. The number of hydrogen-bond donors (Lipinski definition) is 2. The number of halogens is 1. The summed E-state index contributed by atoms with van der Waals surface area (Å²) >= 11 is 0. The highest BCUT2D eigenvalue weighted by atomic mass is 19.1. The number of rotatable bonds is 3. The van der Waals surface area contributed by atoms with Gasteiger partial charge in [-0.2, -0.15) is 0 Å². The minimum atomic E-state index is -0.468. The number of hydrazine groups is 1. The molecule has 0 aliphatic heterocycles. The van der Waals surface area contributed by atoms with E-state index in [1.54, 1.807) is 0 Å². The first-order valence-electron chi connectivity index (χ1n) is 4.98. The summed E-state index contributed by atoms with van der Waals surface area (Å²) < 4.78 is 12.6. The lowest BCUT2D eigenvalue weighted by molar-refractivity contribution is -0.121. The maximum Gasteiger partial charge on any atom is 0.269 e. The lowest BCUT2D eigenvalue weighted by Crippen LogP contribution is -2.41. The summed E-state index contributed by atoms with van der Waals surface area (Å²) in [6.07, 6.45) is 1.06. The molecule has 0 aromatic heterocycles. The molecule has 0 unspecified atom stereocenters. The molecule has 1 aromatic carbocycles. The molecular weight excluding hydrogens is 211 g/mol. The Hall–Kier alpha value is -1.91. The van der Waals surface area contributed by atoms with E-state index in [0.29, 0.717) is 12.8 Å². The first-order valence-corrected chi connectivity index (χ1v) is 4.98. The van der Waals surface area contributed by atoms with Crippen LogP contribution in [0.5, 0.6) is 0 Å². The molecule has 0 saturated carbocycles. The molecule has 0 aliphatic rings. The van der Waals surface area contributed by atoms with Crippen molar-refractivity contribution >= 4 is 11.8 Å². The number of amides is 2. The van der Waals surface area contributed by atoms with Crippen molar-refractivity contribution in [3.8, 4) is 0 Å². The van der Waals surface area contributed by atoms with Crippen molar-refractivity contribution in [2.24, 2.45) is 0 Å². The van der Waals surface area contributed by atoms with Crippen LogP contribution < -0.4 is 10.9 Å². The van der Waals surface area contributed by atoms with Gasteiger partial charge in [-0.25, -0.2) is 4.39 Å². The van der Waals surface area contributed by atoms with Crippen LogP contribution in [0.15, 0.2) is 24.3 Å². The Morgan fingerprint density at radius 1 is 1.19 bits per heavy atom. The summed E-state index contributed by atoms with van der Waals surface area (Å²) in [7, 11) is 0. The predicted molar refractivity (Wildman–Crippen MR) is 56.9 cm³/mol. The van der Waals surface area contributed by atoms with Crippen molar-refractivity contribution in [3.05, 3.63) is 35.6 Å². The van der Waals surface area contributed by atoms with Crippen LogP contribution in [0, 0.1) is 5.82 Å². The average molecular weight is 224 g/mol. The monoisotopic (exact) mass is 224 g/mol. The molecule has 4 nitrogen and oxygen atoms in total. The zero-order chi connectivity index (χ0) is 12.0. The van der Waals surface area contributed by atoms with E-state index in [1.165, 1.54) is 24.3 Å². The molecule has 5 heteroatoms. The quantitative estimate of drug-likeness (QED) is 0.762. The Bertz CT molecular complexity index is 376. The first-order chi connectivity index (χ1) is 7.63. The molecule has 2 amide bonds. The normalized spacial score (nSPS) is 9.62. The summed E-state index contributed by atoms with van der Waals surface area (Å²) in [5.74, 6) is -1.13. The van der Waals surface area contributed by atoms with Crippen molar-refractivity contribution in [1.82, 2.24) is 10.9 Å². The van der Waals surface area contributed by atoms with Crippen molar-refractivity contribution in [2.75, 3.05) is 0 Å². The Labute approximate surface area is 92.8 Å². The van der Waals surface area contributed by atoms with Crippen molar-refractivity contribution in [1.29, 1.82) is 0 Å². The average Bonchev–Trinajstić information content (AvgIpc) is 2.27. The minimum absolute atomic E-state index is 0.252. The Balaban J connectivity index is 2.47. The van der Waals surface area contributed by atoms with Crippen LogP contribution in [-0.2, 0) is 4.79 Å². The van der Waals surface area contributed by atoms with Crippen molar-refractivity contribution in [3.63, 3.8) is 0 Å². The van der Waals surface area contributed by atoms with Gasteiger partial charge in [-0.05, 0) is 30.7 Å². The van der Waals surface area contributed by atoms with E-state index in [0.717, 1.165) is 0 Å². The molecule has 16 heavy (non-hydrogen) atoms. The molecule has 0 saturated heterocycles. The number of carbonyl (C=O) groups excluding carboxylic acids is 2. The zero-order valence-electron chi connectivity index (χ0n) is 8.92. The van der Waals surface area contributed by atoms with Crippen LogP contribution in [-0.4, -0.2) is 11.8 Å². The van der Waals surface area contributed by atoms with Crippen LogP contribution in [0.2, 0.25) is 0 Å². The molecule has 1 aromatic rings. The topological polar surface area (TPSA) is 58.2 Å². The summed E-state index contributed by atoms with van der Waals surface area (Å²) in [4.78, 5) is 22.5. The van der Waals surface area contributed by atoms with Gasteiger partial charge in [0, 0.05) is 12.0 Å². The van der Waals surface area contributed by atoms with E-state index in [-0.39, 0.29) is 11.5 Å². The second-order valence-corrected chi connectivity index (χ2v) is 3.26. The maximum atomic E-state index is 12.6. The van der Waals surface area contributed by atoms with Crippen LogP contribution >= 0.6 is 0 Å². The molecule has 0 radical (unpaired) electrons. The number of hydrogen-bond acceptors (Lipinski definition) is 2. The lowest BCUT2D eigenvalue weighted by atomic mass is 10.2. The molecule has 2 N–H and O–H groups in total. The molecule has 0 atom stereocenters. The van der Waals surface area contributed by atoms with Crippen LogP contribution in [0.25, 0.3) is 0 Å². The zero-order valence-corrected chi connectivity index (χ0v) is 8.92.